The number of anilines is 1. The maximum atomic E-state index is 5.90. The number of nitrogens with zero attached hydrogens (tertiary/aromatic N) is 3. The van der Waals surface area contributed by atoms with Crippen LogP contribution < -0.4 is 16.9 Å². The van der Waals surface area contributed by atoms with Gasteiger partial charge in [-0.25, -0.2) is 0 Å². The summed E-state index contributed by atoms with van der Waals surface area (Å²) in [7, 11) is 0. The molecule has 0 radical (unpaired) electrons. The fraction of sp³-hybridized carbons (Fsp3) is 0.154. The van der Waals surface area contributed by atoms with E-state index >= 15 is 0 Å². The lowest BCUT2D eigenvalue weighted by atomic mass is 10.1. The zero-order chi connectivity index (χ0) is 13.0. The molecular formula is C13H14N6. The minimum atomic E-state index is -0.145. The molecule has 0 saturated carbocycles. The normalized spacial score (nSPS) is 25.3. The molecule has 2 atom stereocenters. The molecule has 0 spiro atoms. The number of hydrazone groups is 1. The summed E-state index contributed by atoms with van der Waals surface area (Å²) in [6.07, 6.45) is -0.145. The predicted molar refractivity (Wildman–Crippen MR) is 74.6 cm³/mol. The Morgan fingerprint density at radius 1 is 1.11 bits per heavy atom. The van der Waals surface area contributed by atoms with E-state index in [2.05, 4.69) is 34.8 Å². The number of fused-ring (bicyclic) bond motifs is 1. The molecule has 0 aliphatic carbocycles. The van der Waals surface area contributed by atoms with E-state index < -0.39 is 0 Å². The highest BCUT2D eigenvalue weighted by Gasteiger charge is 2.53. The smallest absolute Gasteiger partial charge is 0.147 e. The Labute approximate surface area is 110 Å². The molecule has 19 heavy (non-hydrogen) atoms. The molecule has 5 N–H and O–H groups in total. The Morgan fingerprint density at radius 2 is 1.89 bits per heavy atom. The molecule has 2 bridgehead atoms. The van der Waals surface area contributed by atoms with Gasteiger partial charge in [-0.1, -0.05) is 30.3 Å². The van der Waals surface area contributed by atoms with Crippen molar-refractivity contribution in [2.45, 2.75) is 12.2 Å². The largest absolute Gasteiger partial charge is 0.384 e. The summed E-state index contributed by atoms with van der Waals surface area (Å²) < 4.78 is 0. The molecule has 2 aromatic carbocycles. The van der Waals surface area contributed by atoms with Crippen molar-refractivity contribution in [3.05, 3.63) is 42.5 Å². The Bertz CT molecular complexity index is 682. The number of nitrogens with one attached hydrogen (secondary N) is 1. The predicted octanol–water partition coefficient (Wildman–Crippen LogP) is 0.639. The van der Waals surface area contributed by atoms with Crippen LogP contribution in [0.25, 0.3) is 10.8 Å². The van der Waals surface area contributed by atoms with Crippen molar-refractivity contribution in [3.63, 3.8) is 0 Å². The average Bonchev–Trinajstić information content (AvgIpc) is 2.92. The van der Waals surface area contributed by atoms with E-state index in [9.17, 15) is 0 Å². The van der Waals surface area contributed by atoms with E-state index in [0.717, 1.165) is 5.69 Å². The van der Waals surface area contributed by atoms with Crippen LogP contribution in [0.3, 0.4) is 0 Å². The highest BCUT2D eigenvalue weighted by molar-refractivity contribution is 5.90. The van der Waals surface area contributed by atoms with Crippen LogP contribution in [0.5, 0.6) is 0 Å². The lowest BCUT2D eigenvalue weighted by Gasteiger charge is -2.46. The fourth-order valence-electron chi connectivity index (χ4n) is 2.58. The Kier molecular flexibility index (Phi) is 2.01. The molecule has 6 heteroatoms. The van der Waals surface area contributed by atoms with Gasteiger partial charge in [-0.2, -0.15) is 5.12 Å². The summed E-state index contributed by atoms with van der Waals surface area (Å²) in [5.41, 5.74) is 16.0. The molecule has 2 aromatic rings. The van der Waals surface area contributed by atoms with Gasteiger partial charge in [0.1, 0.15) is 18.0 Å². The molecule has 2 unspecified atom stereocenters. The molecule has 0 amide bonds. The molecule has 3 heterocycles. The molecule has 3 aliphatic rings. The highest BCUT2D eigenvalue weighted by atomic mass is 16.0. The third-order valence-electron chi connectivity index (χ3n) is 3.59. The second-order valence-corrected chi connectivity index (χ2v) is 4.80. The van der Waals surface area contributed by atoms with Crippen molar-refractivity contribution >= 4 is 22.3 Å². The van der Waals surface area contributed by atoms with Crippen molar-refractivity contribution in [2.24, 2.45) is 16.6 Å². The monoisotopic (exact) mass is 254 g/mol. The SMILES string of the molecule is NC1=NN2C(N)C1N2Nc1ccc2ccccc2c1. The topological polar surface area (TPSA) is 82.9 Å². The quantitative estimate of drug-likeness (QED) is 0.732. The molecule has 5 rings (SSSR count). The van der Waals surface area contributed by atoms with Gasteiger partial charge in [-0.15, -0.1) is 10.2 Å². The van der Waals surface area contributed by atoms with E-state index in [0.29, 0.717) is 5.84 Å². The third-order valence-corrected chi connectivity index (χ3v) is 3.59. The van der Waals surface area contributed by atoms with Crippen LogP contribution >= 0.6 is 0 Å². The Hall–Kier alpha value is -2.31. The van der Waals surface area contributed by atoms with Crippen molar-refractivity contribution in [3.8, 4) is 0 Å². The summed E-state index contributed by atoms with van der Waals surface area (Å²) in [6.45, 7) is 0. The van der Waals surface area contributed by atoms with E-state index in [1.807, 2.05) is 23.3 Å². The van der Waals surface area contributed by atoms with Crippen molar-refractivity contribution < 1.29 is 0 Å². The molecule has 0 aromatic heterocycles. The second kappa shape index (κ2) is 3.59. The standard InChI is InChI=1S/C13H14N6/c14-12-11-13(15)19(17-12)18(11)16-10-6-5-8-3-1-2-4-9(8)7-10/h1-7,11,13,16H,15H2,(H2,14,17). The van der Waals surface area contributed by atoms with Crippen LogP contribution in [-0.4, -0.2) is 28.3 Å². The molecule has 1 saturated heterocycles. The van der Waals surface area contributed by atoms with Crippen LogP contribution in [0.15, 0.2) is 47.6 Å². The lowest BCUT2D eigenvalue weighted by Crippen LogP contribution is -2.72. The van der Waals surface area contributed by atoms with Crippen molar-refractivity contribution in [2.75, 3.05) is 5.43 Å². The minimum absolute atomic E-state index is 0.0496. The second-order valence-electron chi connectivity index (χ2n) is 4.80. The van der Waals surface area contributed by atoms with Crippen LogP contribution in [-0.2, 0) is 0 Å². The number of hydrogen-bond acceptors (Lipinski definition) is 6. The van der Waals surface area contributed by atoms with E-state index in [1.54, 1.807) is 5.12 Å². The average molecular weight is 254 g/mol. The van der Waals surface area contributed by atoms with Crippen LogP contribution in [0, 0.1) is 0 Å². The summed E-state index contributed by atoms with van der Waals surface area (Å²) >= 11 is 0. The molecule has 96 valence electrons. The Balaban J connectivity index is 1.60. The van der Waals surface area contributed by atoms with E-state index in [1.165, 1.54) is 10.8 Å². The van der Waals surface area contributed by atoms with Gasteiger partial charge in [0.05, 0.1) is 5.69 Å². The first kappa shape index (κ1) is 10.6. The van der Waals surface area contributed by atoms with Gasteiger partial charge in [-0.3, -0.25) is 5.43 Å². The van der Waals surface area contributed by atoms with Crippen LogP contribution in [0.4, 0.5) is 5.69 Å². The summed E-state index contributed by atoms with van der Waals surface area (Å²) in [5.74, 6) is 0.556. The van der Waals surface area contributed by atoms with Crippen molar-refractivity contribution in [1.82, 2.24) is 10.2 Å². The first-order valence-electron chi connectivity index (χ1n) is 6.17. The first-order chi connectivity index (χ1) is 9.24. The molecule has 1 fully saturated rings. The van der Waals surface area contributed by atoms with Gasteiger partial charge in [-0.05, 0) is 22.9 Å². The third kappa shape index (κ3) is 1.41. The fourth-order valence-corrected chi connectivity index (χ4v) is 2.58. The van der Waals surface area contributed by atoms with Gasteiger partial charge in [0.25, 0.3) is 0 Å². The number of rotatable bonds is 2. The summed E-state index contributed by atoms with van der Waals surface area (Å²) in [5, 5.41) is 10.1. The maximum absolute atomic E-state index is 5.90. The molecular weight excluding hydrogens is 240 g/mol. The summed E-state index contributed by atoms with van der Waals surface area (Å²) in [6, 6.07) is 14.4. The van der Waals surface area contributed by atoms with Crippen molar-refractivity contribution in [1.29, 1.82) is 0 Å². The van der Waals surface area contributed by atoms with Gasteiger partial charge >= 0.3 is 0 Å². The minimum Gasteiger partial charge on any atom is -0.384 e. The first-order valence-corrected chi connectivity index (χ1v) is 6.17. The molecule has 6 nitrogen and oxygen atoms in total. The van der Waals surface area contributed by atoms with Gasteiger partial charge in [0.15, 0.2) is 0 Å². The highest BCUT2D eigenvalue weighted by Crippen LogP contribution is 2.31. The van der Waals surface area contributed by atoms with Crippen LogP contribution in [0.1, 0.15) is 0 Å². The number of hydrazine groups is 2. The number of hydrogen-bond donors (Lipinski definition) is 3. The molecule has 3 aliphatic heterocycles. The van der Waals surface area contributed by atoms with Crippen LogP contribution in [0.2, 0.25) is 0 Å². The van der Waals surface area contributed by atoms with Gasteiger partial charge < -0.3 is 11.5 Å². The number of amidine groups is 1. The van der Waals surface area contributed by atoms with E-state index in [-0.39, 0.29) is 12.2 Å². The zero-order valence-electron chi connectivity index (χ0n) is 10.2. The van der Waals surface area contributed by atoms with E-state index in [4.69, 9.17) is 11.5 Å². The zero-order valence-corrected chi connectivity index (χ0v) is 10.2. The Morgan fingerprint density at radius 3 is 2.58 bits per heavy atom. The summed E-state index contributed by atoms with van der Waals surface area (Å²) in [4.78, 5) is 0. The maximum Gasteiger partial charge on any atom is 0.147 e. The van der Waals surface area contributed by atoms with Gasteiger partial charge in [0.2, 0.25) is 0 Å². The lowest BCUT2D eigenvalue weighted by molar-refractivity contribution is -0.143. The van der Waals surface area contributed by atoms with Gasteiger partial charge in [0, 0.05) is 0 Å². The number of nitrogens with two attached hydrogens (primary N) is 2. The number of benzene rings is 2.